The predicted molar refractivity (Wildman–Crippen MR) is 26.0 cm³/mol. The molecule has 1 radical (unpaired) electrons. The maximum absolute atomic E-state index is 10.2. The molecule has 0 atom stereocenters. The van der Waals surface area contributed by atoms with Crippen molar-refractivity contribution in [2.24, 2.45) is 5.73 Å². The lowest BCUT2D eigenvalue weighted by molar-refractivity contribution is 0.250. The molecule has 1 aromatic rings. The molecule has 1 amide bonds. The quantitative estimate of drug-likeness (QED) is 0.494. The third-order valence-corrected chi connectivity index (χ3v) is 0.708. The van der Waals surface area contributed by atoms with Crippen LogP contribution in [0.25, 0.3) is 0 Å². The van der Waals surface area contributed by atoms with Crippen LogP contribution in [0.4, 0.5) is 4.79 Å². The molecule has 4 heteroatoms. The van der Waals surface area contributed by atoms with Crippen molar-refractivity contribution in [1.29, 1.82) is 0 Å². The van der Waals surface area contributed by atoms with Gasteiger partial charge < -0.3 is 5.73 Å². The summed E-state index contributed by atoms with van der Waals surface area (Å²) in [5.41, 5.74) is 4.82. The molecule has 0 aromatic carbocycles. The van der Waals surface area contributed by atoms with Gasteiger partial charge in [0.2, 0.25) is 0 Å². The minimum Gasteiger partial charge on any atom is -0.351 e. The molecule has 1 rings (SSSR count). The van der Waals surface area contributed by atoms with E-state index >= 15 is 0 Å². The topological polar surface area (TPSA) is 60.9 Å². The van der Waals surface area contributed by atoms with Gasteiger partial charge in [-0.3, -0.25) is 4.57 Å². The first-order valence-electron chi connectivity index (χ1n) is 2.00. The first-order valence-corrected chi connectivity index (χ1v) is 2.00. The molecular weight excluding hydrogens is 106 g/mol. The monoisotopic (exact) mass is 110 g/mol. The van der Waals surface area contributed by atoms with Crippen molar-refractivity contribution in [3.8, 4) is 0 Å². The molecule has 0 fully saturated rings. The minimum absolute atomic E-state index is 0.543. The van der Waals surface area contributed by atoms with E-state index in [4.69, 9.17) is 5.73 Å². The minimum atomic E-state index is -0.543. The van der Waals surface area contributed by atoms with Gasteiger partial charge in [0.05, 0.1) is 0 Å². The summed E-state index contributed by atoms with van der Waals surface area (Å²) in [5.74, 6) is 0. The zero-order valence-corrected chi connectivity index (χ0v) is 4.03. The van der Waals surface area contributed by atoms with Crippen molar-refractivity contribution >= 4 is 6.03 Å². The summed E-state index contributed by atoms with van der Waals surface area (Å²) in [6.07, 6.45) is 5.08. The highest BCUT2D eigenvalue weighted by molar-refractivity contribution is 5.74. The van der Waals surface area contributed by atoms with Crippen LogP contribution in [0, 0.1) is 6.20 Å². The van der Waals surface area contributed by atoms with Gasteiger partial charge in [-0.25, -0.2) is 9.78 Å². The van der Waals surface area contributed by atoms with E-state index in [-0.39, 0.29) is 0 Å². The van der Waals surface area contributed by atoms with Gasteiger partial charge in [0, 0.05) is 6.20 Å². The summed E-state index contributed by atoms with van der Waals surface area (Å²) in [6, 6.07) is -0.543. The number of nitrogens with zero attached hydrogens (tertiary/aromatic N) is 2. The summed E-state index contributed by atoms with van der Waals surface area (Å²) in [6.45, 7) is 0. The molecular formula is C4H4N3O. The zero-order valence-electron chi connectivity index (χ0n) is 4.03. The number of aromatic nitrogens is 2. The number of nitrogens with two attached hydrogens (primary N) is 1. The summed E-state index contributed by atoms with van der Waals surface area (Å²) >= 11 is 0. The number of carbonyl (C=O) groups excluding carboxylic acids is 1. The molecule has 2 N–H and O–H groups in total. The lowest BCUT2D eigenvalue weighted by atomic mass is 10.9. The summed E-state index contributed by atoms with van der Waals surface area (Å²) in [7, 11) is 0. The van der Waals surface area contributed by atoms with Crippen molar-refractivity contribution < 1.29 is 4.79 Å². The molecule has 1 aromatic heterocycles. The Labute approximate surface area is 45.9 Å². The van der Waals surface area contributed by atoms with E-state index in [0.29, 0.717) is 0 Å². The molecule has 41 valence electrons. The highest BCUT2D eigenvalue weighted by Gasteiger charge is 1.91. The number of primary amides is 1. The molecule has 0 saturated heterocycles. The van der Waals surface area contributed by atoms with Gasteiger partial charge in [-0.15, -0.1) is 0 Å². The van der Waals surface area contributed by atoms with E-state index in [1.807, 2.05) is 0 Å². The molecule has 0 bridgehead atoms. The summed E-state index contributed by atoms with van der Waals surface area (Å²) in [5, 5.41) is 0. The average molecular weight is 110 g/mol. The van der Waals surface area contributed by atoms with Gasteiger partial charge >= 0.3 is 6.03 Å². The Morgan fingerprint density at radius 1 is 1.88 bits per heavy atom. The smallest absolute Gasteiger partial charge is 0.324 e. The van der Waals surface area contributed by atoms with Crippen molar-refractivity contribution in [2.45, 2.75) is 0 Å². The fourth-order valence-electron chi connectivity index (χ4n) is 0.345. The number of hydrogen-bond donors (Lipinski definition) is 1. The number of hydrogen-bond acceptors (Lipinski definition) is 2. The Morgan fingerprint density at radius 2 is 2.62 bits per heavy atom. The number of amides is 1. The largest absolute Gasteiger partial charge is 0.351 e. The highest BCUT2D eigenvalue weighted by Crippen LogP contribution is 1.78. The summed E-state index contributed by atoms with van der Waals surface area (Å²) in [4.78, 5) is 13.7. The van der Waals surface area contributed by atoms with E-state index in [9.17, 15) is 4.79 Å². The van der Waals surface area contributed by atoms with Crippen molar-refractivity contribution in [2.75, 3.05) is 0 Å². The van der Waals surface area contributed by atoms with Gasteiger partial charge in [0.25, 0.3) is 0 Å². The van der Waals surface area contributed by atoms with E-state index < -0.39 is 6.03 Å². The van der Waals surface area contributed by atoms with Crippen LogP contribution in [0.1, 0.15) is 0 Å². The fraction of sp³-hybridized carbons (Fsp3) is 0. The molecule has 1 heterocycles. The SMILES string of the molecule is NC(=O)n1c[c]nc1. The molecule has 0 unspecified atom stereocenters. The second-order valence-corrected chi connectivity index (χ2v) is 1.25. The van der Waals surface area contributed by atoms with Crippen LogP contribution >= 0.6 is 0 Å². The molecule has 0 aliphatic heterocycles. The summed E-state index contributed by atoms with van der Waals surface area (Å²) < 4.78 is 1.14. The van der Waals surface area contributed by atoms with Gasteiger partial charge in [-0.05, 0) is 0 Å². The van der Waals surface area contributed by atoms with Crippen LogP contribution in [-0.4, -0.2) is 15.6 Å². The van der Waals surface area contributed by atoms with Crippen LogP contribution in [-0.2, 0) is 0 Å². The molecule has 8 heavy (non-hydrogen) atoms. The number of rotatable bonds is 0. The van der Waals surface area contributed by atoms with Crippen LogP contribution in [0.5, 0.6) is 0 Å². The molecule has 0 aliphatic rings. The van der Waals surface area contributed by atoms with E-state index in [2.05, 4.69) is 11.2 Å². The normalized spacial score (nSPS) is 9.00. The lowest BCUT2D eigenvalue weighted by Gasteiger charge is -1.87. The van der Waals surface area contributed by atoms with Crippen molar-refractivity contribution in [3.05, 3.63) is 18.7 Å². The Bertz CT molecular complexity index is 179. The molecule has 0 aliphatic carbocycles. The van der Waals surface area contributed by atoms with Gasteiger partial charge in [0.1, 0.15) is 12.5 Å². The van der Waals surface area contributed by atoms with Gasteiger partial charge in [-0.1, -0.05) is 0 Å². The number of carbonyl (C=O) groups is 1. The maximum Gasteiger partial charge on any atom is 0.324 e. The Balaban J connectivity index is 2.93. The van der Waals surface area contributed by atoms with Gasteiger partial charge in [0.15, 0.2) is 0 Å². The van der Waals surface area contributed by atoms with Crippen LogP contribution in [0.2, 0.25) is 0 Å². The van der Waals surface area contributed by atoms with Crippen molar-refractivity contribution in [1.82, 2.24) is 9.55 Å². The third kappa shape index (κ3) is 0.676. The Kier molecular flexibility index (Phi) is 0.997. The first-order chi connectivity index (χ1) is 3.80. The first kappa shape index (κ1) is 4.83. The highest BCUT2D eigenvalue weighted by atomic mass is 16.2. The average Bonchev–Trinajstić information content (AvgIpc) is 2.12. The second-order valence-electron chi connectivity index (χ2n) is 1.25. The maximum atomic E-state index is 10.2. The van der Waals surface area contributed by atoms with Crippen LogP contribution < -0.4 is 5.73 Å². The van der Waals surface area contributed by atoms with Crippen LogP contribution in [0.3, 0.4) is 0 Å². The number of imidazole rings is 1. The fourth-order valence-corrected chi connectivity index (χ4v) is 0.345. The van der Waals surface area contributed by atoms with E-state index in [1.165, 1.54) is 12.5 Å². The lowest BCUT2D eigenvalue weighted by Crippen LogP contribution is -2.17. The van der Waals surface area contributed by atoms with E-state index in [0.717, 1.165) is 4.57 Å². The third-order valence-electron chi connectivity index (χ3n) is 0.708. The Hall–Kier alpha value is -1.32. The molecule has 0 saturated carbocycles. The standard InChI is InChI=1S/C4H4N3O/c5-4(8)7-2-1-6-3-7/h2-3H,(H2,5,8). The predicted octanol–water partition coefficient (Wildman–Crippen LogP) is -0.390. The molecule has 4 nitrogen and oxygen atoms in total. The van der Waals surface area contributed by atoms with Crippen LogP contribution in [0.15, 0.2) is 12.5 Å². The zero-order chi connectivity index (χ0) is 5.98. The van der Waals surface area contributed by atoms with Gasteiger partial charge in [-0.2, -0.15) is 0 Å². The van der Waals surface area contributed by atoms with Crippen molar-refractivity contribution in [3.63, 3.8) is 0 Å². The van der Waals surface area contributed by atoms with E-state index in [1.54, 1.807) is 0 Å². The second kappa shape index (κ2) is 1.65. The molecule has 0 spiro atoms. The Morgan fingerprint density at radius 3 is 2.88 bits per heavy atom.